The lowest BCUT2D eigenvalue weighted by Crippen LogP contribution is -2.25. The van der Waals surface area contributed by atoms with E-state index in [0.29, 0.717) is 58.6 Å². The number of methoxy groups -OCH3 is 4. The minimum absolute atomic E-state index is 0.157. The van der Waals surface area contributed by atoms with Crippen LogP contribution in [-0.2, 0) is 0 Å². The molecule has 2 aromatic heterocycles. The summed E-state index contributed by atoms with van der Waals surface area (Å²) in [5.74, 6) is 2.25. The van der Waals surface area contributed by atoms with Gasteiger partial charge in [0.2, 0.25) is 0 Å². The van der Waals surface area contributed by atoms with Gasteiger partial charge in [0, 0.05) is 47.1 Å². The topological polar surface area (TPSA) is 121 Å². The Hall–Kier alpha value is -6.16. The fourth-order valence-corrected chi connectivity index (χ4v) is 6.22. The third kappa shape index (κ3) is 7.91. The van der Waals surface area contributed by atoms with Crippen molar-refractivity contribution >= 4 is 33.6 Å². The predicted molar refractivity (Wildman–Crippen MR) is 204 cm³/mol. The number of fused-ring (bicyclic) bond motifs is 2. The van der Waals surface area contributed by atoms with Crippen LogP contribution in [0, 0.1) is 0 Å². The van der Waals surface area contributed by atoms with Crippen molar-refractivity contribution in [3.63, 3.8) is 0 Å². The SMILES string of the molecule is COc1ccc(-c2cc(C(=O)NCCCCCCNC(=O)c3cc(-c4ccc(OC)cc4OC)nc4ccccc34)c3ccccc3n2)c(OC)c1. The van der Waals surface area contributed by atoms with Crippen molar-refractivity contribution in [1.82, 2.24) is 20.6 Å². The van der Waals surface area contributed by atoms with Crippen LogP contribution in [0.3, 0.4) is 0 Å². The summed E-state index contributed by atoms with van der Waals surface area (Å²) in [6.07, 6.45) is 3.43. The Morgan fingerprint density at radius 2 is 0.942 bits per heavy atom. The second-order valence-corrected chi connectivity index (χ2v) is 12.2. The number of carbonyl (C=O) groups excluding carboxylic acids is 2. The number of pyridine rings is 2. The van der Waals surface area contributed by atoms with Gasteiger partial charge in [-0.15, -0.1) is 0 Å². The second kappa shape index (κ2) is 16.7. The number of nitrogens with one attached hydrogen (secondary N) is 2. The molecule has 0 aliphatic rings. The smallest absolute Gasteiger partial charge is 0.252 e. The Morgan fingerprint density at radius 1 is 0.519 bits per heavy atom. The molecule has 0 bridgehead atoms. The van der Waals surface area contributed by atoms with E-state index in [1.165, 1.54) is 0 Å². The highest BCUT2D eigenvalue weighted by Gasteiger charge is 2.18. The maximum absolute atomic E-state index is 13.5. The quantitative estimate of drug-likeness (QED) is 0.104. The molecule has 4 aromatic carbocycles. The van der Waals surface area contributed by atoms with E-state index in [1.807, 2.05) is 84.9 Å². The summed E-state index contributed by atoms with van der Waals surface area (Å²) < 4.78 is 21.9. The molecule has 0 saturated heterocycles. The Balaban J connectivity index is 1.03. The molecule has 0 radical (unpaired) electrons. The molecular formula is C42H42N4O6. The third-order valence-corrected chi connectivity index (χ3v) is 8.97. The standard InChI is InChI=1S/C42H42N4O6/c1-49-27-17-19-31(39(23-27)51-3)37-25-33(29-13-7-9-15-35(29)45-37)41(47)43-21-11-5-6-12-22-44-42(48)34-26-38(46-36-16-10-8-14-30(34)36)32-20-18-28(50-2)24-40(32)52-4/h7-10,13-20,23-26H,5-6,11-12,21-22H2,1-4H3,(H,43,47)(H,44,48). The summed E-state index contributed by atoms with van der Waals surface area (Å²) in [6, 6.07) is 29.9. The molecule has 0 unspecified atom stereocenters. The summed E-state index contributed by atoms with van der Waals surface area (Å²) in [7, 11) is 6.40. The molecule has 6 aromatic rings. The lowest BCUT2D eigenvalue weighted by molar-refractivity contribution is 0.0945. The molecule has 0 aliphatic carbocycles. The largest absolute Gasteiger partial charge is 0.497 e. The summed E-state index contributed by atoms with van der Waals surface area (Å²) in [6.45, 7) is 1.06. The Kier molecular flexibility index (Phi) is 11.5. The molecule has 52 heavy (non-hydrogen) atoms. The van der Waals surface area contributed by atoms with Gasteiger partial charge < -0.3 is 29.6 Å². The fraction of sp³-hybridized carbons (Fsp3) is 0.238. The van der Waals surface area contributed by atoms with Gasteiger partial charge in [-0.2, -0.15) is 0 Å². The van der Waals surface area contributed by atoms with E-state index in [4.69, 9.17) is 28.9 Å². The van der Waals surface area contributed by atoms with Crippen molar-refractivity contribution in [3.8, 4) is 45.5 Å². The van der Waals surface area contributed by atoms with Crippen molar-refractivity contribution in [2.45, 2.75) is 25.7 Å². The first kappa shape index (κ1) is 35.7. The van der Waals surface area contributed by atoms with Crippen LogP contribution >= 0.6 is 0 Å². The first-order chi connectivity index (χ1) is 25.4. The third-order valence-electron chi connectivity index (χ3n) is 8.97. The van der Waals surface area contributed by atoms with Gasteiger partial charge in [0.05, 0.1) is 62.0 Å². The molecule has 0 aliphatic heterocycles. The maximum atomic E-state index is 13.5. The van der Waals surface area contributed by atoms with Gasteiger partial charge in [-0.3, -0.25) is 9.59 Å². The summed E-state index contributed by atoms with van der Waals surface area (Å²) in [4.78, 5) is 36.6. The molecule has 10 nitrogen and oxygen atoms in total. The van der Waals surface area contributed by atoms with Crippen LogP contribution in [0.5, 0.6) is 23.0 Å². The molecule has 2 N–H and O–H groups in total. The molecule has 0 atom stereocenters. The lowest BCUT2D eigenvalue weighted by atomic mass is 10.0. The van der Waals surface area contributed by atoms with Crippen molar-refractivity contribution < 1.29 is 28.5 Å². The maximum Gasteiger partial charge on any atom is 0.252 e. The molecule has 0 fully saturated rings. The molecule has 2 heterocycles. The second-order valence-electron chi connectivity index (χ2n) is 12.2. The molecular weight excluding hydrogens is 656 g/mol. The molecule has 6 rings (SSSR count). The Morgan fingerprint density at radius 3 is 1.35 bits per heavy atom. The van der Waals surface area contributed by atoms with E-state index in [-0.39, 0.29) is 11.8 Å². The monoisotopic (exact) mass is 698 g/mol. The van der Waals surface area contributed by atoms with E-state index in [0.717, 1.165) is 58.6 Å². The minimum atomic E-state index is -0.157. The number of aromatic nitrogens is 2. The summed E-state index contributed by atoms with van der Waals surface area (Å²) in [5, 5.41) is 7.74. The van der Waals surface area contributed by atoms with Crippen molar-refractivity contribution in [1.29, 1.82) is 0 Å². The number of amides is 2. The van der Waals surface area contributed by atoms with Crippen LogP contribution in [-0.4, -0.2) is 63.3 Å². The van der Waals surface area contributed by atoms with Gasteiger partial charge in [0.25, 0.3) is 11.8 Å². The van der Waals surface area contributed by atoms with Crippen LogP contribution in [0.4, 0.5) is 0 Å². The number of benzene rings is 4. The van der Waals surface area contributed by atoms with Gasteiger partial charge in [-0.05, 0) is 61.4 Å². The lowest BCUT2D eigenvalue weighted by Gasteiger charge is -2.14. The van der Waals surface area contributed by atoms with E-state index in [9.17, 15) is 9.59 Å². The molecule has 10 heteroatoms. The summed E-state index contributed by atoms with van der Waals surface area (Å²) in [5.41, 5.74) is 5.37. The Bertz CT molecular complexity index is 2060. The fourth-order valence-electron chi connectivity index (χ4n) is 6.22. The number of nitrogens with zero attached hydrogens (tertiary/aromatic N) is 2. The number of ether oxygens (including phenoxy) is 4. The van der Waals surface area contributed by atoms with Crippen molar-refractivity contribution in [2.75, 3.05) is 41.5 Å². The number of hydrogen-bond donors (Lipinski definition) is 2. The van der Waals surface area contributed by atoms with E-state index in [1.54, 1.807) is 40.6 Å². The molecule has 0 saturated carbocycles. The van der Waals surface area contributed by atoms with Gasteiger partial charge in [-0.1, -0.05) is 49.2 Å². The van der Waals surface area contributed by atoms with Crippen molar-refractivity contribution in [3.05, 3.63) is 108 Å². The van der Waals surface area contributed by atoms with Crippen LogP contribution in [0.25, 0.3) is 44.3 Å². The summed E-state index contributed by atoms with van der Waals surface area (Å²) >= 11 is 0. The number of unbranched alkanes of at least 4 members (excludes halogenated alkanes) is 3. The zero-order valence-electron chi connectivity index (χ0n) is 29.8. The van der Waals surface area contributed by atoms with E-state index < -0.39 is 0 Å². The number of carbonyl (C=O) groups is 2. The first-order valence-electron chi connectivity index (χ1n) is 17.2. The highest BCUT2D eigenvalue weighted by atomic mass is 16.5. The van der Waals surface area contributed by atoms with E-state index >= 15 is 0 Å². The zero-order valence-corrected chi connectivity index (χ0v) is 29.8. The average Bonchev–Trinajstić information content (AvgIpc) is 3.20. The highest BCUT2D eigenvalue weighted by Crippen LogP contribution is 2.36. The van der Waals surface area contributed by atoms with Crippen molar-refractivity contribution in [2.24, 2.45) is 0 Å². The van der Waals surface area contributed by atoms with Crippen LogP contribution in [0.15, 0.2) is 97.1 Å². The normalized spacial score (nSPS) is 10.9. The van der Waals surface area contributed by atoms with Crippen LogP contribution in [0.2, 0.25) is 0 Å². The van der Waals surface area contributed by atoms with Gasteiger partial charge in [0.1, 0.15) is 23.0 Å². The van der Waals surface area contributed by atoms with Crippen LogP contribution < -0.4 is 29.6 Å². The average molecular weight is 699 g/mol. The highest BCUT2D eigenvalue weighted by molar-refractivity contribution is 6.08. The Labute approximate surface area is 303 Å². The molecule has 2 amide bonds. The molecule has 266 valence electrons. The zero-order chi connectivity index (χ0) is 36.5. The van der Waals surface area contributed by atoms with Crippen LogP contribution in [0.1, 0.15) is 46.4 Å². The molecule has 0 spiro atoms. The van der Waals surface area contributed by atoms with Gasteiger partial charge in [-0.25, -0.2) is 9.97 Å². The number of hydrogen-bond acceptors (Lipinski definition) is 8. The predicted octanol–water partition coefficient (Wildman–Crippen LogP) is 7.87. The first-order valence-corrected chi connectivity index (χ1v) is 17.2. The van der Waals surface area contributed by atoms with Gasteiger partial charge >= 0.3 is 0 Å². The van der Waals surface area contributed by atoms with Gasteiger partial charge in [0.15, 0.2) is 0 Å². The van der Waals surface area contributed by atoms with E-state index in [2.05, 4.69) is 10.6 Å². The minimum Gasteiger partial charge on any atom is -0.497 e. The number of rotatable bonds is 15. The number of para-hydroxylation sites is 2.